The molecule has 0 saturated heterocycles. The summed E-state index contributed by atoms with van der Waals surface area (Å²) in [6, 6.07) is 13.0. The highest BCUT2D eigenvalue weighted by Crippen LogP contribution is 2.26. The van der Waals surface area contributed by atoms with Crippen molar-refractivity contribution in [1.29, 1.82) is 0 Å². The number of nitrogens with zero attached hydrogens (tertiary/aromatic N) is 1. The van der Waals surface area contributed by atoms with Gasteiger partial charge in [-0.2, -0.15) is 0 Å². The van der Waals surface area contributed by atoms with E-state index in [0.717, 1.165) is 23.9 Å². The van der Waals surface area contributed by atoms with E-state index >= 15 is 0 Å². The van der Waals surface area contributed by atoms with E-state index in [1.165, 1.54) is 37.8 Å². The number of rotatable bonds is 10. The summed E-state index contributed by atoms with van der Waals surface area (Å²) in [4.78, 5) is 23.2. The van der Waals surface area contributed by atoms with Crippen molar-refractivity contribution in [2.75, 3.05) is 6.61 Å². The summed E-state index contributed by atoms with van der Waals surface area (Å²) in [6.45, 7) is 2.88. The van der Waals surface area contributed by atoms with E-state index in [0.29, 0.717) is 17.1 Å². The zero-order valence-corrected chi connectivity index (χ0v) is 15.7. The molecule has 0 amide bonds. The average Bonchev–Trinajstić information content (AvgIpc) is 2.65. The largest absolute Gasteiger partial charge is 0.494 e. The third-order valence-corrected chi connectivity index (χ3v) is 4.79. The van der Waals surface area contributed by atoms with Crippen molar-refractivity contribution in [3.63, 3.8) is 0 Å². The van der Waals surface area contributed by atoms with Gasteiger partial charge in [0, 0.05) is 22.6 Å². The van der Waals surface area contributed by atoms with E-state index in [1.54, 1.807) is 36.4 Å². The Morgan fingerprint density at radius 2 is 1.65 bits per heavy atom. The molecule has 138 valence electrons. The normalized spacial score (nSPS) is 10.5. The predicted octanol–water partition coefficient (Wildman–Crippen LogP) is 5.88. The molecular weight excluding hydrogens is 350 g/mol. The monoisotopic (exact) mass is 373 g/mol. The molecule has 0 heterocycles. The van der Waals surface area contributed by atoms with Crippen LogP contribution >= 0.6 is 11.8 Å². The van der Waals surface area contributed by atoms with E-state index < -0.39 is 4.92 Å². The van der Waals surface area contributed by atoms with Gasteiger partial charge in [0.15, 0.2) is 0 Å². The molecule has 0 aromatic heterocycles. The van der Waals surface area contributed by atoms with Gasteiger partial charge >= 0.3 is 0 Å². The highest BCUT2D eigenvalue weighted by Gasteiger charge is 2.10. The van der Waals surface area contributed by atoms with E-state index in [9.17, 15) is 14.9 Å². The Labute approximate surface area is 157 Å². The Kier molecular flexibility index (Phi) is 8.15. The van der Waals surface area contributed by atoms with Crippen LogP contribution in [0, 0.1) is 10.1 Å². The van der Waals surface area contributed by atoms with Gasteiger partial charge in [0.05, 0.1) is 11.5 Å². The molecule has 0 saturated carbocycles. The minimum Gasteiger partial charge on any atom is -0.494 e. The maximum absolute atomic E-state index is 12.3. The minimum absolute atomic E-state index is 0.0120. The fraction of sp³-hybridized carbons (Fsp3) is 0.350. The maximum atomic E-state index is 12.3. The first-order chi connectivity index (χ1) is 12.6. The highest BCUT2D eigenvalue weighted by molar-refractivity contribution is 8.14. The van der Waals surface area contributed by atoms with E-state index in [2.05, 4.69) is 6.92 Å². The van der Waals surface area contributed by atoms with Gasteiger partial charge < -0.3 is 4.74 Å². The molecular formula is C20H23NO4S. The van der Waals surface area contributed by atoms with Gasteiger partial charge in [-0.25, -0.2) is 0 Å². The Balaban J connectivity index is 1.81. The van der Waals surface area contributed by atoms with Gasteiger partial charge in [0.2, 0.25) is 5.12 Å². The summed E-state index contributed by atoms with van der Waals surface area (Å²) in [5.41, 5.74) is 0.585. The van der Waals surface area contributed by atoms with Crippen LogP contribution in [0.1, 0.15) is 49.4 Å². The number of thioether (sulfide) groups is 1. The standard InChI is InChI=1S/C20H23NO4S/c1-2-3-4-5-6-15-25-18-11-7-16(8-12-18)20(22)26-19-13-9-17(10-14-19)21(23)24/h7-14H,2-6,15H2,1H3. The Bertz CT molecular complexity index is 714. The van der Waals surface area contributed by atoms with Crippen LogP contribution in [0.5, 0.6) is 5.75 Å². The quantitative estimate of drug-likeness (QED) is 0.225. The first-order valence-electron chi connectivity index (χ1n) is 8.79. The molecule has 2 rings (SSSR count). The van der Waals surface area contributed by atoms with Crippen molar-refractivity contribution in [1.82, 2.24) is 0 Å². The van der Waals surface area contributed by atoms with E-state index in [4.69, 9.17) is 4.74 Å². The van der Waals surface area contributed by atoms with Gasteiger partial charge in [-0.05, 0) is 54.6 Å². The lowest BCUT2D eigenvalue weighted by atomic mass is 10.2. The molecule has 0 atom stereocenters. The molecule has 5 nitrogen and oxygen atoms in total. The summed E-state index contributed by atoms with van der Waals surface area (Å²) in [5, 5.41) is 10.5. The molecule has 0 spiro atoms. The zero-order chi connectivity index (χ0) is 18.8. The first kappa shape index (κ1) is 20.0. The van der Waals surface area contributed by atoms with Crippen LogP contribution in [-0.4, -0.2) is 16.6 Å². The van der Waals surface area contributed by atoms with Crippen molar-refractivity contribution >= 4 is 22.6 Å². The SMILES string of the molecule is CCCCCCCOc1ccc(C(=O)Sc2ccc([N+](=O)[O-])cc2)cc1. The van der Waals surface area contributed by atoms with Crippen LogP contribution in [0.25, 0.3) is 0 Å². The molecule has 6 heteroatoms. The number of hydrogen-bond donors (Lipinski definition) is 0. The summed E-state index contributed by atoms with van der Waals surface area (Å²) >= 11 is 1.05. The maximum Gasteiger partial charge on any atom is 0.269 e. The summed E-state index contributed by atoms with van der Waals surface area (Å²) in [5.74, 6) is 0.761. The third-order valence-electron chi connectivity index (χ3n) is 3.86. The number of ether oxygens (including phenoxy) is 1. The second kappa shape index (κ2) is 10.6. The van der Waals surface area contributed by atoms with Crippen molar-refractivity contribution in [3.8, 4) is 5.75 Å². The van der Waals surface area contributed by atoms with Gasteiger partial charge in [0.1, 0.15) is 5.75 Å². The Morgan fingerprint density at radius 1 is 1.00 bits per heavy atom. The summed E-state index contributed by atoms with van der Waals surface area (Å²) in [7, 11) is 0. The highest BCUT2D eigenvalue weighted by atomic mass is 32.2. The third kappa shape index (κ3) is 6.52. The minimum atomic E-state index is -0.460. The van der Waals surface area contributed by atoms with Crippen molar-refractivity contribution < 1.29 is 14.5 Å². The van der Waals surface area contributed by atoms with E-state index in [1.807, 2.05) is 0 Å². The second-order valence-electron chi connectivity index (χ2n) is 5.93. The molecule has 2 aromatic rings. The van der Waals surface area contributed by atoms with Crippen LogP contribution < -0.4 is 4.74 Å². The van der Waals surface area contributed by atoms with Crippen molar-refractivity contribution in [2.45, 2.75) is 43.9 Å². The van der Waals surface area contributed by atoms with Gasteiger partial charge in [-0.15, -0.1) is 0 Å². The number of hydrogen-bond acceptors (Lipinski definition) is 5. The fourth-order valence-electron chi connectivity index (χ4n) is 2.38. The molecule has 26 heavy (non-hydrogen) atoms. The molecule has 0 aliphatic heterocycles. The lowest BCUT2D eigenvalue weighted by Gasteiger charge is -2.07. The molecule has 0 aliphatic carbocycles. The molecule has 0 aliphatic rings. The van der Waals surface area contributed by atoms with Gasteiger partial charge in [0.25, 0.3) is 5.69 Å². The number of unbranched alkanes of at least 4 members (excludes halogenated alkanes) is 4. The number of non-ortho nitro benzene ring substituents is 1. The van der Waals surface area contributed by atoms with Crippen LogP contribution in [0.4, 0.5) is 5.69 Å². The molecule has 0 fully saturated rings. The average molecular weight is 373 g/mol. The molecule has 0 bridgehead atoms. The summed E-state index contributed by atoms with van der Waals surface area (Å²) in [6.07, 6.45) is 5.96. The summed E-state index contributed by atoms with van der Waals surface area (Å²) < 4.78 is 5.69. The zero-order valence-electron chi connectivity index (χ0n) is 14.8. The number of nitro benzene ring substituents is 1. The second-order valence-corrected chi connectivity index (χ2v) is 6.97. The van der Waals surface area contributed by atoms with Crippen molar-refractivity contribution in [2.24, 2.45) is 0 Å². The first-order valence-corrected chi connectivity index (χ1v) is 9.61. The molecule has 2 aromatic carbocycles. The van der Waals surface area contributed by atoms with E-state index in [-0.39, 0.29) is 10.8 Å². The predicted molar refractivity (Wildman–Crippen MR) is 104 cm³/mol. The molecule has 0 unspecified atom stereocenters. The topological polar surface area (TPSA) is 69.4 Å². The van der Waals surface area contributed by atoms with Crippen LogP contribution in [0.3, 0.4) is 0 Å². The fourth-order valence-corrected chi connectivity index (χ4v) is 3.12. The molecule has 0 N–H and O–H groups in total. The number of carbonyl (C=O) groups excluding carboxylic acids is 1. The Hall–Kier alpha value is -2.34. The van der Waals surface area contributed by atoms with Crippen LogP contribution in [-0.2, 0) is 0 Å². The number of benzene rings is 2. The van der Waals surface area contributed by atoms with Crippen LogP contribution in [0.15, 0.2) is 53.4 Å². The van der Waals surface area contributed by atoms with Gasteiger partial charge in [-0.1, -0.05) is 32.6 Å². The van der Waals surface area contributed by atoms with Crippen molar-refractivity contribution in [3.05, 3.63) is 64.2 Å². The lowest BCUT2D eigenvalue weighted by Crippen LogP contribution is -1.98. The lowest BCUT2D eigenvalue weighted by molar-refractivity contribution is -0.384. The van der Waals surface area contributed by atoms with Crippen LogP contribution in [0.2, 0.25) is 0 Å². The van der Waals surface area contributed by atoms with Gasteiger partial charge in [-0.3, -0.25) is 14.9 Å². The Morgan fingerprint density at radius 3 is 2.27 bits per heavy atom. The number of nitro groups is 1. The smallest absolute Gasteiger partial charge is 0.269 e. The number of carbonyl (C=O) groups is 1. The molecule has 0 radical (unpaired) electrons.